The van der Waals surface area contributed by atoms with Gasteiger partial charge in [0.2, 0.25) is 0 Å². The number of hydrogen-bond donors (Lipinski definition) is 2. The lowest BCUT2D eigenvalue weighted by molar-refractivity contribution is 0.668. The van der Waals surface area contributed by atoms with Crippen molar-refractivity contribution in [1.82, 2.24) is 15.3 Å². The van der Waals surface area contributed by atoms with Crippen LogP contribution in [-0.2, 0) is 12.3 Å². The van der Waals surface area contributed by atoms with Gasteiger partial charge >= 0.3 is 0 Å². The molecule has 1 aliphatic carbocycles. The van der Waals surface area contributed by atoms with Crippen LogP contribution in [0, 0.1) is 0 Å². The molecule has 3 rings (SSSR count). The molecule has 1 aliphatic rings. The molecule has 1 aromatic carbocycles. The minimum absolute atomic E-state index is 0.0830. The van der Waals surface area contributed by atoms with E-state index in [0.717, 1.165) is 20.9 Å². The van der Waals surface area contributed by atoms with Crippen molar-refractivity contribution >= 4 is 27.7 Å². The number of aromatic amines is 1. The SMILES string of the molecule is O=c1cc(CNC2CC2)nc(CSc2ccccc2Br)[nH]1. The van der Waals surface area contributed by atoms with Crippen LogP contribution in [0.3, 0.4) is 0 Å². The van der Waals surface area contributed by atoms with Crippen molar-refractivity contribution in [1.29, 1.82) is 0 Å². The number of hydrogen-bond acceptors (Lipinski definition) is 4. The molecule has 4 nitrogen and oxygen atoms in total. The van der Waals surface area contributed by atoms with Gasteiger partial charge in [-0.1, -0.05) is 12.1 Å². The minimum Gasteiger partial charge on any atom is -0.310 e. The molecule has 1 aromatic heterocycles. The molecular formula is C15H16BrN3OS. The molecular weight excluding hydrogens is 350 g/mol. The first-order valence-corrected chi connectivity index (χ1v) is 8.68. The molecule has 0 aliphatic heterocycles. The van der Waals surface area contributed by atoms with Gasteiger partial charge in [-0.3, -0.25) is 4.79 Å². The Hall–Kier alpha value is -1.11. The maximum absolute atomic E-state index is 11.7. The van der Waals surface area contributed by atoms with Crippen LogP contribution in [0.5, 0.6) is 0 Å². The largest absolute Gasteiger partial charge is 0.310 e. The summed E-state index contributed by atoms with van der Waals surface area (Å²) < 4.78 is 1.06. The summed E-state index contributed by atoms with van der Waals surface area (Å²) in [5, 5.41) is 3.38. The first kappa shape index (κ1) is 14.8. The number of benzene rings is 1. The highest BCUT2D eigenvalue weighted by Gasteiger charge is 2.20. The maximum Gasteiger partial charge on any atom is 0.251 e. The third kappa shape index (κ3) is 4.43. The lowest BCUT2D eigenvalue weighted by Gasteiger charge is -2.06. The van der Waals surface area contributed by atoms with E-state index in [2.05, 4.69) is 31.2 Å². The second-order valence-electron chi connectivity index (χ2n) is 5.06. The molecule has 1 saturated carbocycles. The number of aromatic nitrogens is 2. The molecule has 0 spiro atoms. The highest BCUT2D eigenvalue weighted by atomic mass is 79.9. The highest BCUT2D eigenvalue weighted by Crippen LogP contribution is 2.28. The highest BCUT2D eigenvalue weighted by molar-refractivity contribution is 9.10. The van der Waals surface area contributed by atoms with Gasteiger partial charge in [0.15, 0.2) is 0 Å². The van der Waals surface area contributed by atoms with Gasteiger partial charge in [-0.05, 0) is 40.9 Å². The third-order valence-electron chi connectivity index (χ3n) is 3.19. The summed E-state index contributed by atoms with van der Waals surface area (Å²) in [7, 11) is 0. The van der Waals surface area contributed by atoms with E-state index in [1.54, 1.807) is 17.8 Å². The van der Waals surface area contributed by atoms with E-state index in [0.29, 0.717) is 18.3 Å². The average Bonchev–Trinajstić information content (AvgIpc) is 3.28. The fourth-order valence-corrected chi connectivity index (χ4v) is 3.40. The second-order valence-corrected chi connectivity index (χ2v) is 6.93. The molecule has 110 valence electrons. The number of rotatable bonds is 6. The monoisotopic (exact) mass is 365 g/mol. The lowest BCUT2D eigenvalue weighted by atomic mass is 10.4. The van der Waals surface area contributed by atoms with E-state index >= 15 is 0 Å². The molecule has 0 unspecified atom stereocenters. The summed E-state index contributed by atoms with van der Waals surface area (Å²) in [5.74, 6) is 1.37. The summed E-state index contributed by atoms with van der Waals surface area (Å²) in [6.45, 7) is 0.668. The van der Waals surface area contributed by atoms with Crippen molar-refractivity contribution in [3.63, 3.8) is 0 Å². The van der Waals surface area contributed by atoms with Gasteiger partial charge in [0.1, 0.15) is 5.82 Å². The Balaban J connectivity index is 1.66. The fourth-order valence-electron chi connectivity index (χ4n) is 1.97. The third-order valence-corrected chi connectivity index (χ3v) is 5.23. The van der Waals surface area contributed by atoms with Crippen molar-refractivity contribution < 1.29 is 0 Å². The van der Waals surface area contributed by atoms with Crippen LogP contribution in [0.15, 0.2) is 44.5 Å². The van der Waals surface area contributed by atoms with Gasteiger partial charge in [0.25, 0.3) is 5.56 Å². The van der Waals surface area contributed by atoms with Crippen LogP contribution >= 0.6 is 27.7 Å². The Labute approximate surface area is 135 Å². The molecule has 0 atom stereocenters. The van der Waals surface area contributed by atoms with Gasteiger partial charge < -0.3 is 10.3 Å². The van der Waals surface area contributed by atoms with Gasteiger partial charge in [-0.2, -0.15) is 0 Å². The average molecular weight is 366 g/mol. The molecule has 1 heterocycles. The second kappa shape index (κ2) is 6.77. The summed E-state index contributed by atoms with van der Waals surface area (Å²) in [6, 6.07) is 10.2. The predicted octanol–water partition coefficient (Wildman–Crippen LogP) is 3.08. The van der Waals surface area contributed by atoms with E-state index < -0.39 is 0 Å². The Bertz CT molecular complexity index is 685. The summed E-state index contributed by atoms with van der Waals surface area (Å²) in [5.41, 5.74) is 0.730. The van der Waals surface area contributed by atoms with Gasteiger partial charge in [0, 0.05) is 28.0 Å². The summed E-state index contributed by atoms with van der Waals surface area (Å²) in [6.07, 6.45) is 2.46. The van der Waals surface area contributed by atoms with E-state index in [1.807, 2.05) is 24.3 Å². The molecule has 0 bridgehead atoms. The Kier molecular flexibility index (Phi) is 4.77. The van der Waals surface area contributed by atoms with Crippen LogP contribution in [0.1, 0.15) is 24.4 Å². The van der Waals surface area contributed by atoms with Crippen molar-refractivity contribution in [2.45, 2.75) is 36.1 Å². The van der Waals surface area contributed by atoms with Crippen LogP contribution in [0.2, 0.25) is 0 Å². The quantitative estimate of drug-likeness (QED) is 0.772. The zero-order valence-corrected chi connectivity index (χ0v) is 13.8. The first-order chi connectivity index (χ1) is 10.2. The maximum atomic E-state index is 11.7. The standard InChI is InChI=1S/C15H16BrN3OS/c16-12-3-1-2-4-13(12)21-9-14-18-11(7-15(20)19-14)8-17-10-5-6-10/h1-4,7,10,17H,5-6,8-9H2,(H,18,19,20). The van der Waals surface area contributed by atoms with Crippen LogP contribution in [-0.4, -0.2) is 16.0 Å². The van der Waals surface area contributed by atoms with E-state index in [1.165, 1.54) is 12.8 Å². The van der Waals surface area contributed by atoms with E-state index in [4.69, 9.17) is 0 Å². The van der Waals surface area contributed by atoms with Crippen LogP contribution in [0.25, 0.3) is 0 Å². The number of nitrogens with zero attached hydrogens (tertiary/aromatic N) is 1. The van der Waals surface area contributed by atoms with Crippen molar-refractivity contribution in [3.05, 3.63) is 56.7 Å². The van der Waals surface area contributed by atoms with E-state index in [9.17, 15) is 4.79 Å². The van der Waals surface area contributed by atoms with Gasteiger partial charge in [0.05, 0.1) is 11.4 Å². The Morgan fingerprint density at radius 2 is 2.19 bits per heavy atom. The lowest BCUT2D eigenvalue weighted by Crippen LogP contribution is -2.20. The predicted molar refractivity (Wildman–Crippen MR) is 88.4 cm³/mol. The summed E-state index contributed by atoms with van der Waals surface area (Å²) in [4.78, 5) is 20.2. The van der Waals surface area contributed by atoms with Gasteiger partial charge in [-0.25, -0.2) is 4.98 Å². The molecule has 0 saturated heterocycles. The normalized spacial score (nSPS) is 14.3. The van der Waals surface area contributed by atoms with Crippen LogP contribution < -0.4 is 10.9 Å². The summed E-state index contributed by atoms with van der Waals surface area (Å²) >= 11 is 5.18. The number of halogens is 1. The van der Waals surface area contributed by atoms with Crippen molar-refractivity contribution in [2.24, 2.45) is 0 Å². The molecule has 2 aromatic rings. The molecule has 21 heavy (non-hydrogen) atoms. The number of thioether (sulfide) groups is 1. The van der Waals surface area contributed by atoms with Crippen molar-refractivity contribution in [3.8, 4) is 0 Å². The Morgan fingerprint density at radius 3 is 2.95 bits per heavy atom. The molecule has 2 N–H and O–H groups in total. The molecule has 6 heteroatoms. The molecule has 1 fully saturated rings. The molecule has 0 radical (unpaired) electrons. The Morgan fingerprint density at radius 1 is 1.38 bits per heavy atom. The van der Waals surface area contributed by atoms with E-state index in [-0.39, 0.29) is 5.56 Å². The molecule has 0 amide bonds. The van der Waals surface area contributed by atoms with Crippen LogP contribution in [0.4, 0.5) is 0 Å². The number of H-pyrrole nitrogens is 1. The smallest absolute Gasteiger partial charge is 0.251 e. The van der Waals surface area contributed by atoms with Gasteiger partial charge in [-0.15, -0.1) is 11.8 Å². The zero-order valence-electron chi connectivity index (χ0n) is 11.4. The zero-order chi connectivity index (χ0) is 14.7. The fraction of sp³-hybridized carbons (Fsp3) is 0.333. The minimum atomic E-state index is -0.0830. The number of nitrogens with one attached hydrogen (secondary N) is 2. The topological polar surface area (TPSA) is 57.8 Å². The van der Waals surface area contributed by atoms with Crippen molar-refractivity contribution in [2.75, 3.05) is 0 Å². The first-order valence-electron chi connectivity index (χ1n) is 6.90.